The maximum absolute atomic E-state index is 12.4. The molecule has 2 aromatic rings. The lowest BCUT2D eigenvalue weighted by atomic mass is 10.1. The topological polar surface area (TPSA) is 77.4 Å². The molecule has 1 amide bonds. The highest BCUT2D eigenvalue weighted by Gasteiger charge is 2.30. The first-order valence-corrected chi connectivity index (χ1v) is 6.65. The van der Waals surface area contributed by atoms with Crippen molar-refractivity contribution in [3.8, 4) is 0 Å². The van der Waals surface area contributed by atoms with E-state index < -0.39 is 5.97 Å². The number of rotatable bonds is 3. The predicted molar refractivity (Wildman–Crippen MR) is 76.6 cm³/mol. The molecular weight excluding hydrogens is 272 g/mol. The third-order valence-corrected chi connectivity index (χ3v) is 3.51. The second-order valence-corrected chi connectivity index (χ2v) is 5.01. The van der Waals surface area contributed by atoms with Crippen molar-refractivity contribution in [2.24, 2.45) is 5.92 Å². The van der Waals surface area contributed by atoms with Crippen molar-refractivity contribution in [1.29, 1.82) is 0 Å². The van der Waals surface area contributed by atoms with E-state index in [9.17, 15) is 14.4 Å². The molecule has 108 valence electrons. The van der Waals surface area contributed by atoms with Crippen LogP contribution in [0, 0.1) is 5.92 Å². The van der Waals surface area contributed by atoms with Crippen LogP contribution < -0.4 is 11.0 Å². The Kier molecular flexibility index (Phi) is 3.21. The third kappa shape index (κ3) is 2.40. The highest BCUT2D eigenvalue weighted by Crippen LogP contribution is 2.29. The van der Waals surface area contributed by atoms with Crippen molar-refractivity contribution >= 4 is 22.6 Å². The molecular formula is C15H14N2O4. The van der Waals surface area contributed by atoms with Gasteiger partial charge in [0.2, 0.25) is 5.91 Å². The third-order valence-electron chi connectivity index (χ3n) is 3.51. The van der Waals surface area contributed by atoms with Gasteiger partial charge in [0.25, 0.3) is 5.56 Å². The molecule has 1 fully saturated rings. The van der Waals surface area contributed by atoms with E-state index in [1.54, 1.807) is 24.3 Å². The number of carbonyl (C=O) groups excluding carboxylic acids is 2. The number of nitrogens with one attached hydrogen (secondary N) is 1. The van der Waals surface area contributed by atoms with Gasteiger partial charge < -0.3 is 4.74 Å². The molecule has 1 aliphatic carbocycles. The number of benzene rings is 1. The van der Waals surface area contributed by atoms with E-state index in [0.717, 1.165) is 17.5 Å². The first-order valence-electron chi connectivity index (χ1n) is 6.65. The molecule has 0 aliphatic heterocycles. The van der Waals surface area contributed by atoms with Crippen LogP contribution in [0.1, 0.15) is 23.2 Å². The summed E-state index contributed by atoms with van der Waals surface area (Å²) in [5.41, 5.74) is 2.41. The van der Waals surface area contributed by atoms with Gasteiger partial charge in [-0.15, -0.1) is 0 Å². The molecule has 3 rings (SSSR count). The fraction of sp³-hybridized carbons (Fsp3) is 0.267. The van der Waals surface area contributed by atoms with Crippen molar-refractivity contribution < 1.29 is 14.3 Å². The fourth-order valence-electron chi connectivity index (χ4n) is 2.20. The van der Waals surface area contributed by atoms with E-state index in [4.69, 9.17) is 4.74 Å². The summed E-state index contributed by atoms with van der Waals surface area (Å²) in [4.78, 5) is 36.1. The van der Waals surface area contributed by atoms with E-state index in [-0.39, 0.29) is 22.9 Å². The maximum atomic E-state index is 12.4. The molecule has 1 aromatic heterocycles. The van der Waals surface area contributed by atoms with E-state index >= 15 is 0 Å². The minimum Gasteiger partial charge on any atom is -0.465 e. The highest BCUT2D eigenvalue weighted by molar-refractivity contribution is 6.04. The SMILES string of the molecule is COC(=O)c1cn(NC(=O)C2CC2)c(=O)c2ccccc12. The van der Waals surface area contributed by atoms with Gasteiger partial charge in [-0.05, 0) is 18.9 Å². The lowest BCUT2D eigenvalue weighted by molar-refractivity contribution is -0.118. The lowest BCUT2D eigenvalue weighted by Gasteiger charge is -2.12. The summed E-state index contributed by atoms with van der Waals surface area (Å²) < 4.78 is 5.80. The maximum Gasteiger partial charge on any atom is 0.340 e. The number of aromatic nitrogens is 1. The summed E-state index contributed by atoms with van der Waals surface area (Å²) in [5.74, 6) is -0.797. The molecule has 6 nitrogen and oxygen atoms in total. The zero-order valence-corrected chi connectivity index (χ0v) is 11.5. The quantitative estimate of drug-likeness (QED) is 0.862. The van der Waals surface area contributed by atoms with Gasteiger partial charge in [0.05, 0.1) is 12.7 Å². The zero-order valence-electron chi connectivity index (χ0n) is 11.5. The summed E-state index contributed by atoms with van der Waals surface area (Å²) in [5, 5.41) is 0.864. The van der Waals surface area contributed by atoms with Crippen LogP contribution in [0.5, 0.6) is 0 Å². The predicted octanol–water partition coefficient (Wildman–Crippen LogP) is 1.27. The van der Waals surface area contributed by atoms with Crippen LogP contribution in [0.3, 0.4) is 0 Å². The van der Waals surface area contributed by atoms with E-state index in [0.29, 0.717) is 10.8 Å². The number of amides is 1. The Morgan fingerprint density at radius 2 is 1.90 bits per heavy atom. The zero-order chi connectivity index (χ0) is 15.0. The minimum atomic E-state index is -0.555. The molecule has 6 heteroatoms. The number of ether oxygens (including phenoxy) is 1. The summed E-state index contributed by atoms with van der Waals surface area (Å²) in [6.07, 6.45) is 2.98. The van der Waals surface area contributed by atoms with Gasteiger partial charge in [0.1, 0.15) is 0 Å². The Bertz CT molecular complexity index is 790. The van der Waals surface area contributed by atoms with Crippen molar-refractivity contribution in [3.63, 3.8) is 0 Å². The van der Waals surface area contributed by atoms with Gasteiger partial charge in [-0.1, -0.05) is 18.2 Å². The van der Waals surface area contributed by atoms with Crippen LogP contribution in [-0.4, -0.2) is 23.7 Å². The number of carbonyl (C=O) groups is 2. The Morgan fingerprint density at radius 1 is 1.24 bits per heavy atom. The largest absolute Gasteiger partial charge is 0.465 e. The van der Waals surface area contributed by atoms with Gasteiger partial charge in [-0.3, -0.25) is 15.0 Å². The molecule has 0 bridgehead atoms. The number of esters is 1. The molecule has 0 unspecified atom stereocenters. The summed E-state index contributed by atoms with van der Waals surface area (Å²) in [6, 6.07) is 6.74. The molecule has 0 atom stereocenters. The van der Waals surface area contributed by atoms with Crippen molar-refractivity contribution in [1.82, 2.24) is 4.68 Å². The van der Waals surface area contributed by atoms with Gasteiger partial charge in [0, 0.05) is 22.9 Å². The molecule has 1 aromatic carbocycles. The van der Waals surface area contributed by atoms with Crippen LogP contribution in [0.4, 0.5) is 0 Å². The number of methoxy groups -OCH3 is 1. The van der Waals surface area contributed by atoms with Crippen LogP contribution in [0.2, 0.25) is 0 Å². The highest BCUT2D eigenvalue weighted by atomic mass is 16.5. The number of hydrogen-bond donors (Lipinski definition) is 1. The summed E-state index contributed by atoms with van der Waals surface area (Å²) in [6.45, 7) is 0. The van der Waals surface area contributed by atoms with Gasteiger partial charge in [-0.2, -0.15) is 0 Å². The second kappa shape index (κ2) is 5.05. The Hall–Kier alpha value is -2.63. The fourth-order valence-corrected chi connectivity index (χ4v) is 2.20. The summed E-state index contributed by atoms with van der Waals surface area (Å²) in [7, 11) is 1.27. The molecule has 0 saturated heterocycles. The second-order valence-electron chi connectivity index (χ2n) is 5.01. The van der Waals surface area contributed by atoms with E-state index in [2.05, 4.69) is 5.43 Å². The Balaban J connectivity index is 2.15. The van der Waals surface area contributed by atoms with Crippen molar-refractivity contribution in [2.45, 2.75) is 12.8 Å². The molecule has 1 heterocycles. The molecule has 1 N–H and O–H groups in total. The first-order chi connectivity index (χ1) is 10.1. The summed E-state index contributed by atoms with van der Waals surface area (Å²) >= 11 is 0. The van der Waals surface area contributed by atoms with Gasteiger partial charge in [0.15, 0.2) is 0 Å². The van der Waals surface area contributed by atoms with Crippen LogP contribution >= 0.6 is 0 Å². The van der Waals surface area contributed by atoms with Gasteiger partial charge in [-0.25, -0.2) is 9.47 Å². The van der Waals surface area contributed by atoms with Crippen LogP contribution in [-0.2, 0) is 9.53 Å². The minimum absolute atomic E-state index is 0.0371. The number of hydrogen-bond acceptors (Lipinski definition) is 4. The molecule has 1 saturated carbocycles. The van der Waals surface area contributed by atoms with Crippen LogP contribution in [0.15, 0.2) is 35.3 Å². The standard InChI is InChI=1S/C15H14N2O4/c1-21-15(20)12-8-17(16-13(18)9-6-7-9)14(19)11-5-3-2-4-10(11)12/h2-5,8-9H,6-7H2,1H3,(H,16,18). The normalized spacial score (nSPS) is 14.0. The molecule has 0 radical (unpaired) electrons. The monoisotopic (exact) mass is 286 g/mol. The average Bonchev–Trinajstić information content (AvgIpc) is 3.34. The number of nitrogens with zero attached hydrogens (tertiary/aromatic N) is 1. The molecule has 0 spiro atoms. The number of fused-ring (bicyclic) bond motifs is 1. The van der Waals surface area contributed by atoms with Crippen LogP contribution in [0.25, 0.3) is 10.8 Å². The molecule has 21 heavy (non-hydrogen) atoms. The van der Waals surface area contributed by atoms with Crippen molar-refractivity contribution in [2.75, 3.05) is 12.5 Å². The lowest BCUT2D eigenvalue weighted by Crippen LogP contribution is -2.34. The Labute approximate surface area is 120 Å². The van der Waals surface area contributed by atoms with Crippen molar-refractivity contribution in [3.05, 3.63) is 46.4 Å². The smallest absolute Gasteiger partial charge is 0.340 e. The van der Waals surface area contributed by atoms with E-state index in [1.165, 1.54) is 13.3 Å². The molecule has 1 aliphatic rings. The number of pyridine rings is 1. The van der Waals surface area contributed by atoms with Gasteiger partial charge >= 0.3 is 5.97 Å². The first kappa shape index (κ1) is 13.4. The van der Waals surface area contributed by atoms with E-state index in [1.807, 2.05) is 0 Å². The average molecular weight is 286 g/mol. The Morgan fingerprint density at radius 3 is 2.52 bits per heavy atom.